The molecule has 1 aromatic carbocycles. The smallest absolute Gasteiger partial charge is 0.414 e. The summed E-state index contributed by atoms with van der Waals surface area (Å²) in [7, 11) is 0. The van der Waals surface area contributed by atoms with Crippen LogP contribution < -0.4 is 9.47 Å². The molecule has 0 saturated carbocycles. The molecule has 0 spiro atoms. The van der Waals surface area contributed by atoms with E-state index in [4.69, 9.17) is 18.9 Å². The van der Waals surface area contributed by atoms with Crippen LogP contribution in [0.2, 0.25) is 0 Å². The topological polar surface area (TPSA) is 115 Å². The average molecular weight is 405 g/mol. The van der Waals surface area contributed by atoms with E-state index in [1.165, 1.54) is 6.20 Å². The predicted molar refractivity (Wildman–Crippen MR) is 101 cm³/mol. The van der Waals surface area contributed by atoms with Crippen LogP contribution in [0.4, 0.5) is 5.82 Å². The fourth-order valence-corrected chi connectivity index (χ4v) is 2.67. The molecular weight excluding hydrogens is 382 g/mol. The molecule has 1 aromatic heterocycles. The third-order valence-corrected chi connectivity index (χ3v) is 3.90. The Morgan fingerprint density at radius 2 is 2.07 bits per heavy atom. The molecule has 2 aromatic rings. The van der Waals surface area contributed by atoms with Crippen LogP contribution in [0.1, 0.15) is 26.3 Å². The average Bonchev–Trinajstić information content (AvgIpc) is 3.08. The van der Waals surface area contributed by atoms with E-state index >= 15 is 0 Å². The molecule has 0 saturated heterocycles. The molecule has 0 bridgehead atoms. The van der Waals surface area contributed by atoms with Crippen molar-refractivity contribution in [2.24, 2.45) is 0 Å². The second-order valence-electron chi connectivity index (χ2n) is 7.55. The lowest BCUT2D eigenvalue weighted by atomic mass is 10.2. The first-order valence-corrected chi connectivity index (χ1v) is 9.09. The van der Waals surface area contributed by atoms with Crippen molar-refractivity contribution in [3.63, 3.8) is 0 Å². The first kappa shape index (κ1) is 20.6. The van der Waals surface area contributed by atoms with Crippen molar-refractivity contribution in [1.29, 1.82) is 0 Å². The van der Waals surface area contributed by atoms with Crippen LogP contribution in [-0.2, 0) is 27.4 Å². The third kappa shape index (κ3) is 5.92. The Morgan fingerprint density at radius 3 is 2.72 bits per heavy atom. The van der Waals surface area contributed by atoms with Gasteiger partial charge < -0.3 is 29.1 Å². The Hall–Kier alpha value is -3.14. The van der Waals surface area contributed by atoms with Gasteiger partial charge in [-0.25, -0.2) is 4.79 Å². The maximum Gasteiger partial charge on any atom is 0.414 e. The number of nitrogens with zero attached hydrogens (tertiary/aromatic N) is 3. The van der Waals surface area contributed by atoms with Crippen molar-refractivity contribution in [3.05, 3.63) is 46.1 Å². The minimum Gasteiger partial charge on any atom is -0.482 e. The van der Waals surface area contributed by atoms with E-state index in [0.29, 0.717) is 18.9 Å². The number of rotatable bonds is 7. The summed E-state index contributed by atoms with van der Waals surface area (Å²) in [6.45, 7) is 6.26. The lowest BCUT2D eigenvalue weighted by molar-refractivity contribution is -0.389. The maximum atomic E-state index is 11.7. The Labute approximate surface area is 167 Å². The van der Waals surface area contributed by atoms with E-state index in [9.17, 15) is 14.9 Å². The summed E-state index contributed by atoms with van der Waals surface area (Å²) in [6, 6.07) is 7.39. The molecule has 0 fully saturated rings. The normalized spacial score (nSPS) is 15.9. The van der Waals surface area contributed by atoms with Crippen LogP contribution in [0, 0.1) is 10.1 Å². The molecule has 3 rings (SSSR count). The summed E-state index contributed by atoms with van der Waals surface area (Å²) in [5.41, 5.74) is 0.365. The van der Waals surface area contributed by atoms with Gasteiger partial charge in [0, 0.05) is 4.98 Å². The largest absolute Gasteiger partial charge is 0.482 e. The lowest BCUT2D eigenvalue weighted by Gasteiger charge is -2.22. The Kier molecular flexibility index (Phi) is 6.02. The highest BCUT2D eigenvalue weighted by molar-refractivity contribution is 5.71. The molecule has 1 unspecified atom stereocenters. The zero-order valence-electron chi connectivity index (χ0n) is 16.5. The standard InChI is InChI=1S/C19H23N3O7/c1-19(2,3)29-17(23)12-27-14-6-4-13(5-7-14)10-26-15-8-21-9-16(22(24)25)20-18(21)28-11-15/h4-7,9,15H,8,10-12H2,1-3H3. The summed E-state index contributed by atoms with van der Waals surface area (Å²) < 4.78 is 23.4. The maximum absolute atomic E-state index is 11.7. The molecule has 10 heteroatoms. The van der Waals surface area contributed by atoms with Crippen molar-refractivity contribution >= 4 is 11.8 Å². The Balaban J connectivity index is 1.45. The molecule has 0 amide bonds. The van der Waals surface area contributed by atoms with Gasteiger partial charge in [0.25, 0.3) is 0 Å². The second kappa shape index (κ2) is 8.48. The summed E-state index contributed by atoms with van der Waals surface area (Å²) in [6.07, 6.45) is 1.08. The zero-order valence-corrected chi connectivity index (χ0v) is 16.5. The molecular formula is C19H23N3O7. The van der Waals surface area contributed by atoms with Gasteiger partial charge in [0.05, 0.1) is 13.2 Å². The number of hydrogen-bond acceptors (Lipinski definition) is 8. The third-order valence-electron chi connectivity index (χ3n) is 3.90. The summed E-state index contributed by atoms with van der Waals surface area (Å²) in [4.78, 5) is 25.7. The number of carbonyl (C=O) groups is 1. The lowest BCUT2D eigenvalue weighted by Crippen LogP contribution is -2.32. The van der Waals surface area contributed by atoms with Crippen molar-refractivity contribution in [2.75, 3.05) is 13.2 Å². The van der Waals surface area contributed by atoms with Crippen LogP contribution in [0.5, 0.6) is 11.8 Å². The highest BCUT2D eigenvalue weighted by Crippen LogP contribution is 2.23. The second-order valence-corrected chi connectivity index (χ2v) is 7.55. The van der Waals surface area contributed by atoms with Crippen molar-refractivity contribution in [1.82, 2.24) is 9.55 Å². The van der Waals surface area contributed by atoms with Gasteiger partial charge in [-0.1, -0.05) is 12.1 Å². The summed E-state index contributed by atoms with van der Waals surface area (Å²) in [5.74, 6) is -0.125. The SMILES string of the molecule is CC(C)(C)OC(=O)COc1ccc(COC2COc3nc([N+](=O)[O-])cn3C2)cc1. The fraction of sp³-hybridized carbons (Fsp3) is 0.474. The molecule has 1 aliphatic heterocycles. The van der Waals surface area contributed by atoms with Gasteiger partial charge in [-0.05, 0) is 43.4 Å². The number of nitro groups is 1. The Morgan fingerprint density at radius 1 is 1.34 bits per heavy atom. The molecule has 29 heavy (non-hydrogen) atoms. The molecule has 2 heterocycles. The van der Waals surface area contributed by atoms with Crippen molar-refractivity contribution in [2.45, 2.75) is 45.6 Å². The van der Waals surface area contributed by atoms with Crippen LogP contribution >= 0.6 is 0 Å². The quantitative estimate of drug-likeness (QED) is 0.392. The minimum absolute atomic E-state index is 0.161. The number of benzene rings is 1. The van der Waals surface area contributed by atoms with Gasteiger partial charge >= 0.3 is 17.8 Å². The van der Waals surface area contributed by atoms with Crippen LogP contribution in [0.3, 0.4) is 0 Å². The molecule has 156 valence electrons. The molecule has 10 nitrogen and oxygen atoms in total. The van der Waals surface area contributed by atoms with E-state index in [0.717, 1.165) is 5.56 Å². The number of fused-ring (bicyclic) bond motifs is 1. The first-order valence-electron chi connectivity index (χ1n) is 9.09. The number of carbonyl (C=O) groups excluding carboxylic acids is 1. The number of ether oxygens (including phenoxy) is 4. The van der Waals surface area contributed by atoms with E-state index < -0.39 is 16.5 Å². The van der Waals surface area contributed by atoms with Gasteiger partial charge in [0.2, 0.25) is 0 Å². The summed E-state index contributed by atoms with van der Waals surface area (Å²) in [5, 5.41) is 10.8. The van der Waals surface area contributed by atoms with Crippen molar-refractivity contribution < 1.29 is 28.7 Å². The van der Waals surface area contributed by atoms with E-state index in [2.05, 4.69) is 4.98 Å². The monoisotopic (exact) mass is 405 g/mol. The van der Waals surface area contributed by atoms with Gasteiger partial charge in [0.1, 0.15) is 30.3 Å². The zero-order chi connectivity index (χ0) is 21.0. The number of imidazole rings is 1. The van der Waals surface area contributed by atoms with E-state index in [-0.39, 0.29) is 31.1 Å². The fourth-order valence-electron chi connectivity index (χ4n) is 2.67. The van der Waals surface area contributed by atoms with E-state index in [1.807, 2.05) is 12.1 Å². The van der Waals surface area contributed by atoms with Crippen LogP contribution in [0.15, 0.2) is 30.5 Å². The van der Waals surface area contributed by atoms with Crippen LogP contribution in [0.25, 0.3) is 0 Å². The molecule has 1 atom stereocenters. The molecule has 0 aliphatic carbocycles. The predicted octanol–water partition coefficient (Wildman–Crippen LogP) is 2.49. The van der Waals surface area contributed by atoms with E-state index in [1.54, 1.807) is 37.5 Å². The number of aromatic nitrogens is 2. The van der Waals surface area contributed by atoms with Crippen LogP contribution in [-0.4, -0.2) is 45.4 Å². The first-order chi connectivity index (χ1) is 13.7. The number of hydrogen-bond donors (Lipinski definition) is 0. The Bertz CT molecular complexity index is 871. The minimum atomic E-state index is -0.559. The molecule has 0 radical (unpaired) electrons. The van der Waals surface area contributed by atoms with Gasteiger partial charge in [-0.3, -0.25) is 4.57 Å². The molecule has 1 aliphatic rings. The molecule has 0 N–H and O–H groups in total. The highest BCUT2D eigenvalue weighted by Gasteiger charge is 2.28. The number of esters is 1. The van der Waals surface area contributed by atoms with Gasteiger partial charge in [0.15, 0.2) is 6.61 Å². The van der Waals surface area contributed by atoms with Gasteiger partial charge in [-0.2, -0.15) is 0 Å². The summed E-state index contributed by atoms with van der Waals surface area (Å²) >= 11 is 0. The van der Waals surface area contributed by atoms with Gasteiger partial charge in [-0.15, -0.1) is 0 Å². The van der Waals surface area contributed by atoms with Crippen molar-refractivity contribution in [3.8, 4) is 11.8 Å². The highest BCUT2D eigenvalue weighted by atomic mass is 16.6.